The number of carbonyl (C=O) groups excluding carboxylic acids is 4. The number of nitrogens with one attached hydrogen (secondary N) is 1. The summed E-state index contributed by atoms with van der Waals surface area (Å²) in [6.07, 6.45) is -6.91. The van der Waals surface area contributed by atoms with Gasteiger partial charge in [0.2, 0.25) is 18.3 Å². The topological polar surface area (TPSA) is 180 Å². The zero-order valence-corrected chi connectivity index (χ0v) is 40.2. The number of carbonyl (C=O) groups is 4. The van der Waals surface area contributed by atoms with Gasteiger partial charge in [-0.15, -0.1) is 5.10 Å². The highest BCUT2D eigenvalue weighted by atomic mass is 16.7. The van der Waals surface area contributed by atoms with Crippen LogP contribution in [-0.2, 0) is 60.6 Å². The van der Waals surface area contributed by atoms with Gasteiger partial charge in [-0.1, -0.05) is 50.2 Å². The van der Waals surface area contributed by atoms with E-state index in [1.807, 2.05) is 62.4 Å². The molecule has 1 N–H and O–H groups in total. The van der Waals surface area contributed by atoms with Gasteiger partial charge in [-0.25, -0.2) is 0 Å². The largest absolute Gasteiger partial charge is 0.490 e. The summed E-state index contributed by atoms with van der Waals surface area (Å²) in [5.74, 6) is -2.47. The summed E-state index contributed by atoms with van der Waals surface area (Å²) in [6.45, 7) is 15.2. The second-order valence-corrected chi connectivity index (χ2v) is 20.1. The summed E-state index contributed by atoms with van der Waals surface area (Å²) in [5, 5.41) is 7.70. The first-order valence-corrected chi connectivity index (χ1v) is 22.4. The number of rotatable bonds is 15. The Balaban J connectivity index is 1.64. The molecule has 0 aliphatic carbocycles. The van der Waals surface area contributed by atoms with Crippen molar-refractivity contribution >= 4 is 23.9 Å². The van der Waals surface area contributed by atoms with Crippen molar-refractivity contribution in [3.63, 3.8) is 0 Å². The monoisotopic (exact) mass is 925 g/mol. The summed E-state index contributed by atoms with van der Waals surface area (Å²) >= 11 is 0. The van der Waals surface area contributed by atoms with Gasteiger partial charge in [0.25, 0.3) is 0 Å². The molecular weight excluding hydrogens is 849 g/mol. The zero-order chi connectivity index (χ0) is 51.6. The van der Waals surface area contributed by atoms with Crippen LogP contribution < -0.4 is 14.2 Å². The molecule has 5 rings (SSSR count). The Labute approximate surface area is 395 Å². The number of nitrogens with zero attached hydrogens (tertiary/aromatic N) is 1. The minimum Gasteiger partial charge on any atom is -0.490 e. The van der Waals surface area contributed by atoms with E-state index in [0.29, 0.717) is 55.4 Å². The van der Waals surface area contributed by atoms with Crippen molar-refractivity contribution in [1.82, 2.24) is 10.2 Å². The number of hydrogen-bond donors (Lipinski definition) is 1. The molecular formula is C51H72N2O13. The molecule has 1 unspecified atom stereocenters. The molecule has 2 aromatic carbocycles. The third-order valence-electron chi connectivity index (χ3n) is 10.7. The molecule has 0 spiro atoms. The molecule has 15 heteroatoms. The van der Waals surface area contributed by atoms with Crippen molar-refractivity contribution in [2.75, 3.05) is 19.8 Å². The summed E-state index contributed by atoms with van der Waals surface area (Å²) in [6, 6.07) is 15.4. The van der Waals surface area contributed by atoms with Crippen molar-refractivity contribution in [3.8, 4) is 17.4 Å². The van der Waals surface area contributed by atoms with E-state index in [0.717, 1.165) is 11.1 Å². The molecule has 5 atom stereocenters. The standard InChI is InChI=1S/C51H72N2O13/c1-30(2)38-35(26-32-20-21-34(59-28-31-18-16-15-17-19-31)27-36(32)61-33-22-24-58-25-23-33)42(53-52-38)66-43-41(65-47(57)51(12,13)14)40(64-46(56)50(9,10)11)39(63-45(55)49(6,7)8)37(62-43)29-60-44(54)48(3,4)5/h15-21,27,30,33,37,39-41,43H,22-26,28-29H2,1-14H3,(H,52,53)/t37-,39-,40+,41-,43?/m1/s1/i3D,6D,9D,12D. The van der Waals surface area contributed by atoms with E-state index in [-0.39, 0.29) is 31.2 Å². The predicted octanol–water partition coefficient (Wildman–Crippen LogP) is 8.83. The Hall–Kier alpha value is -5.15. The molecule has 364 valence electrons. The van der Waals surface area contributed by atoms with Crippen molar-refractivity contribution in [2.45, 2.75) is 165 Å². The lowest BCUT2D eigenvalue weighted by atomic mass is 9.93. The van der Waals surface area contributed by atoms with Crippen LogP contribution in [0.25, 0.3) is 0 Å². The summed E-state index contributed by atoms with van der Waals surface area (Å²) in [5.41, 5.74) is -2.49. The molecule has 3 heterocycles. The highest BCUT2D eigenvalue weighted by Crippen LogP contribution is 2.39. The molecule has 2 saturated heterocycles. The normalized spacial score (nSPS) is 21.7. The first-order chi connectivity index (χ1) is 33.0. The fraction of sp³-hybridized carbons (Fsp3) is 0.627. The van der Waals surface area contributed by atoms with E-state index in [1.165, 1.54) is 55.4 Å². The molecule has 2 aliphatic rings. The first-order valence-electron chi connectivity index (χ1n) is 25.2. The quantitative estimate of drug-likeness (QED) is 0.113. The number of ether oxygens (including phenoxy) is 9. The average molecular weight is 925 g/mol. The van der Waals surface area contributed by atoms with Gasteiger partial charge in [0.15, 0.2) is 12.2 Å². The van der Waals surface area contributed by atoms with Gasteiger partial charge in [0.05, 0.1) is 34.9 Å². The minimum absolute atomic E-state index is 0.00403. The maximum atomic E-state index is 14.1. The fourth-order valence-corrected chi connectivity index (χ4v) is 6.71. The molecule has 0 bridgehead atoms. The lowest BCUT2D eigenvalue weighted by Crippen LogP contribution is -2.65. The Morgan fingerprint density at radius 3 is 1.92 bits per heavy atom. The van der Waals surface area contributed by atoms with Crippen LogP contribution in [0.3, 0.4) is 0 Å². The predicted molar refractivity (Wildman–Crippen MR) is 245 cm³/mol. The number of H-pyrrole nitrogens is 1. The molecule has 3 aromatic rings. The number of aromatic nitrogens is 2. The van der Waals surface area contributed by atoms with Crippen LogP contribution in [0.15, 0.2) is 48.5 Å². The number of aromatic amines is 1. The van der Waals surface area contributed by atoms with Crippen LogP contribution in [0.5, 0.6) is 17.4 Å². The molecule has 1 aromatic heterocycles. The Kier molecular flexibility index (Phi) is 14.8. The number of esters is 4. The number of hydrogen-bond acceptors (Lipinski definition) is 14. The van der Waals surface area contributed by atoms with Crippen molar-refractivity contribution in [3.05, 3.63) is 70.9 Å². The van der Waals surface area contributed by atoms with Gasteiger partial charge in [-0.05, 0) is 106 Å². The average Bonchev–Trinajstić information content (AvgIpc) is 3.74. The van der Waals surface area contributed by atoms with E-state index in [1.54, 1.807) is 0 Å². The van der Waals surface area contributed by atoms with Crippen LogP contribution in [0.4, 0.5) is 0 Å². The van der Waals surface area contributed by atoms with Gasteiger partial charge in [0.1, 0.15) is 36.9 Å². The SMILES string of the molecule is [2H]CC(C)(C)C(=O)OC[C@H]1OC(Oc2n[nH]c(C(C)C)c2Cc2ccc(OCc3ccccc3)cc2OC2CCOCC2)[C@H](OC(=O)C(C)(C)C[2H])[C@@H](OC(=O)C(C)(C)C[2H])[C@@H]1OC(=O)C(C)(C)C[2H]. The molecule has 66 heavy (non-hydrogen) atoms. The Morgan fingerprint density at radius 1 is 0.758 bits per heavy atom. The van der Waals surface area contributed by atoms with Crippen molar-refractivity contribution in [2.24, 2.45) is 21.7 Å². The summed E-state index contributed by atoms with van der Waals surface area (Å²) < 4.78 is 88.3. The Bertz CT molecular complexity index is 2230. The van der Waals surface area contributed by atoms with Gasteiger partial charge < -0.3 is 42.6 Å². The molecule has 0 saturated carbocycles. The fourth-order valence-electron chi connectivity index (χ4n) is 6.71. The second-order valence-electron chi connectivity index (χ2n) is 20.1. The van der Waals surface area contributed by atoms with E-state index in [2.05, 4.69) is 10.2 Å². The highest BCUT2D eigenvalue weighted by molar-refractivity contribution is 5.78. The first kappa shape index (κ1) is 46.0. The van der Waals surface area contributed by atoms with E-state index >= 15 is 0 Å². The van der Waals surface area contributed by atoms with Gasteiger partial charge in [0, 0.05) is 42.1 Å². The smallest absolute Gasteiger partial charge is 0.311 e. The maximum absolute atomic E-state index is 14.1. The Morgan fingerprint density at radius 2 is 1.33 bits per heavy atom. The lowest BCUT2D eigenvalue weighted by molar-refractivity contribution is -0.294. The van der Waals surface area contributed by atoms with E-state index < -0.39 is 104 Å². The lowest BCUT2D eigenvalue weighted by Gasteiger charge is -2.45. The molecule has 15 nitrogen and oxygen atoms in total. The van der Waals surface area contributed by atoms with Gasteiger partial charge in [-0.2, -0.15) is 0 Å². The molecule has 2 aliphatic heterocycles. The molecule has 0 amide bonds. The maximum Gasteiger partial charge on any atom is 0.311 e. The molecule has 0 radical (unpaired) electrons. The van der Waals surface area contributed by atoms with Crippen LogP contribution in [0.1, 0.15) is 143 Å². The van der Waals surface area contributed by atoms with Crippen LogP contribution >= 0.6 is 0 Å². The summed E-state index contributed by atoms with van der Waals surface area (Å²) in [4.78, 5) is 55.5. The van der Waals surface area contributed by atoms with Crippen LogP contribution in [0.2, 0.25) is 0 Å². The van der Waals surface area contributed by atoms with E-state index in [9.17, 15) is 19.2 Å². The third-order valence-corrected chi connectivity index (χ3v) is 10.7. The second kappa shape index (κ2) is 21.2. The van der Waals surface area contributed by atoms with Crippen molar-refractivity contribution in [1.29, 1.82) is 0 Å². The van der Waals surface area contributed by atoms with Gasteiger partial charge >= 0.3 is 23.9 Å². The zero-order valence-electron chi connectivity index (χ0n) is 44.2. The van der Waals surface area contributed by atoms with Crippen LogP contribution in [0, 0.1) is 21.7 Å². The van der Waals surface area contributed by atoms with Crippen LogP contribution in [-0.4, -0.2) is 90.7 Å². The minimum atomic E-state index is -1.74. The highest BCUT2D eigenvalue weighted by Gasteiger charge is 2.56. The number of benzene rings is 2. The van der Waals surface area contributed by atoms with E-state index in [4.69, 9.17) is 48.1 Å². The van der Waals surface area contributed by atoms with Gasteiger partial charge in [-0.3, -0.25) is 24.3 Å². The third kappa shape index (κ3) is 13.9. The summed E-state index contributed by atoms with van der Waals surface area (Å²) in [7, 11) is 0. The molecule has 2 fully saturated rings. The van der Waals surface area contributed by atoms with Crippen molar-refractivity contribution < 1.29 is 67.3 Å².